The molecule has 4 nitrogen and oxygen atoms in total. The van der Waals surface area contributed by atoms with E-state index in [4.69, 9.17) is 10.5 Å². The molecule has 0 fully saturated rings. The molecule has 1 atom stereocenters. The fourth-order valence-electron chi connectivity index (χ4n) is 1.76. The van der Waals surface area contributed by atoms with Crippen LogP contribution >= 0.6 is 11.3 Å². The van der Waals surface area contributed by atoms with Gasteiger partial charge < -0.3 is 10.5 Å². The number of nitrogens with zero attached hydrogens (tertiary/aromatic N) is 2. The molecule has 0 aliphatic carbocycles. The predicted molar refractivity (Wildman–Crippen MR) is 70.2 cm³/mol. The van der Waals surface area contributed by atoms with Crippen LogP contribution in [0.2, 0.25) is 0 Å². The Balaban J connectivity index is 2.28. The average molecular weight is 249 g/mol. The van der Waals surface area contributed by atoms with Crippen molar-refractivity contribution in [3.05, 3.63) is 40.6 Å². The zero-order valence-electron chi connectivity index (χ0n) is 9.72. The molecule has 2 heterocycles. The summed E-state index contributed by atoms with van der Waals surface area (Å²) >= 11 is 1.63. The molecule has 0 spiro atoms. The summed E-state index contributed by atoms with van der Waals surface area (Å²) in [6.07, 6.45) is 3.50. The Morgan fingerprint density at radius 3 is 3.18 bits per heavy atom. The minimum absolute atomic E-state index is 0.183. The molecular formula is C12H15N3OS. The SMILES string of the molecule is C=CCOC1=C(C)C(c2nccs2)CN=C1N. The molecule has 0 radical (unpaired) electrons. The van der Waals surface area contributed by atoms with E-state index < -0.39 is 0 Å². The molecule has 1 aromatic rings. The zero-order chi connectivity index (χ0) is 12.3. The van der Waals surface area contributed by atoms with Crippen LogP contribution in [0.15, 0.2) is 40.6 Å². The number of rotatable bonds is 4. The van der Waals surface area contributed by atoms with Crippen molar-refractivity contribution in [2.45, 2.75) is 12.8 Å². The summed E-state index contributed by atoms with van der Waals surface area (Å²) in [7, 11) is 0. The normalized spacial score (nSPS) is 20.1. The Morgan fingerprint density at radius 2 is 2.53 bits per heavy atom. The van der Waals surface area contributed by atoms with Gasteiger partial charge in [-0.15, -0.1) is 11.3 Å². The van der Waals surface area contributed by atoms with Gasteiger partial charge in [-0.25, -0.2) is 4.98 Å². The molecule has 90 valence electrons. The first kappa shape index (κ1) is 11.9. The maximum absolute atomic E-state index is 5.84. The van der Waals surface area contributed by atoms with Crippen LogP contribution in [0.4, 0.5) is 0 Å². The van der Waals surface area contributed by atoms with Gasteiger partial charge in [-0.2, -0.15) is 0 Å². The number of aromatic nitrogens is 1. The molecule has 0 amide bonds. The Labute approximate surface area is 105 Å². The zero-order valence-corrected chi connectivity index (χ0v) is 10.5. The summed E-state index contributed by atoms with van der Waals surface area (Å²) in [5.74, 6) is 1.33. The number of nitrogens with two attached hydrogens (primary N) is 1. The van der Waals surface area contributed by atoms with E-state index in [9.17, 15) is 0 Å². The topological polar surface area (TPSA) is 60.5 Å². The third-order valence-corrected chi connectivity index (χ3v) is 3.54. The van der Waals surface area contributed by atoms with Gasteiger partial charge in [0.05, 0.1) is 12.5 Å². The molecule has 0 saturated carbocycles. The number of aliphatic imine (C=N–C) groups is 1. The van der Waals surface area contributed by atoms with Gasteiger partial charge in [-0.05, 0) is 12.5 Å². The molecule has 5 heteroatoms. The third-order valence-electron chi connectivity index (χ3n) is 2.65. The minimum atomic E-state index is 0.183. The van der Waals surface area contributed by atoms with E-state index in [-0.39, 0.29) is 5.92 Å². The number of amidine groups is 1. The van der Waals surface area contributed by atoms with E-state index >= 15 is 0 Å². The van der Waals surface area contributed by atoms with Gasteiger partial charge in [-0.1, -0.05) is 12.7 Å². The second-order valence-corrected chi connectivity index (χ2v) is 4.69. The van der Waals surface area contributed by atoms with Crippen LogP contribution in [-0.4, -0.2) is 24.0 Å². The summed E-state index contributed by atoms with van der Waals surface area (Å²) in [6, 6.07) is 0. The van der Waals surface area contributed by atoms with Crippen molar-refractivity contribution < 1.29 is 4.74 Å². The molecule has 1 unspecified atom stereocenters. The molecule has 0 bridgehead atoms. The molecule has 17 heavy (non-hydrogen) atoms. The monoisotopic (exact) mass is 249 g/mol. The molecule has 0 saturated heterocycles. The Hall–Kier alpha value is -1.62. The number of hydrogen-bond donors (Lipinski definition) is 1. The lowest BCUT2D eigenvalue weighted by Gasteiger charge is -2.22. The highest BCUT2D eigenvalue weighted by atomic mass is 32.1. The molecule has 0 aromatic carbocycles. The second-order valence-electron chi connectivity index (χ2n) is 3.76. The maximum Gasteiger partial charge on any atom is 0.161 e. The molecule has 2 rings (SSSR count). The molecule has 1 aromatic heterocycles. The highest BCUT2D eigenvalue weighted by Gasteiger charge is 2.25. The number of hydrogen-bond acceptors (Lipinski definition) is 5. The highest BCUT2D eigenvalue weighted by molar-refractivity contribution is 7.09. The summed E-state index contributed by atoms with van der Waals surface area (Å²) < 4.78 is 5.57. The van der Waals surface area contributed by atoms with Crippen LogP contribution in [0.1, 0.15) is 17.8 Å². The van der Waals surface area contributed by atoms with Crippen molar-refractivity contribution in [3.63, 3.8) is 0 Å². The van der Waals surface area contributed by atoms with Crippen molar-refractivity contribution >= 4 is 17.2 Å². The van der Waals surface area contributed by atoms with Crippen LogP contribution in [-0.2, 0) is 4.74 Å². The van der Waals surface area contributed by atoms with Crippen LogP contribution in [0.3, 0.4) is 0 Å². The standard InChI is InChI=1S/C12H15N3OS/c1-3-5-16-10-8(2)9(7-15-11(10)13)12-14-4-6-17-12/h3-4,6,9H,1,5,7H2,2H3,(H2,13,15). The molecule has 2 N–H and O–H groups in total. The van der Waals surface area contributed by atoms with Crippen molar-refractivity contribution in [1.82, 2.24) is 4.98 Å². The van der Waals surface area contributed by atoms with Crippen molar-refractivity contribution in [1.29, 1.82) is 0 Å². The van der Waals surface area contributed by atoms with Crippen LogP contribution in [0.5, 0.6) is 0 Å². The van der Waals surface area contributed by atoms with Gasteiger partial charge in [0, 0.05) is 11.6 Å². The Morgan fingerprint density at radius 1 is 1.71 bits per heavy atom. The van der Waals surface area contributed by atoms with E-state index in [1.54, 1.807) is 23.6 Å². The van der Waals surface area contributed by atoms with E-state index in [2.05, 4.69) is 16.6 Å². The fourth-order valence-corrected chi connectivity index (χ4v) is 2.56. The lowest BCUT2D eigenvalue weighted by atomic mass is 9.97. The summed E-state index contributed by atoms with van der Waals surface area (Å²) in [5.41, 5.74) is 6.93. The van der Waals surface area contributed by atoms with Gasteiger partial charge >= 0.3 is 0 Å². The van der Waals surface area contributed by atoms with E-state index in [0.29, 0.717) is 24.7 Å². The average Bonchev–Trinajstić information content (AvgIpc) is 2.82. The maximum atomic E-state index is 5.84. The van der Waals surface area contributed by atoms with Gasteiger partial charge in [-0.3, -0.25) is 4.99 Å². The van der Waals surface area contributed by atoms with Crippen molar-refractivity contribution in [2.75, 3.05) is 13.2 Å². The predicted octanol–water partition coefficient (Wildman–Crippen LogP) is 2.07. The highest BCUT2D eigenvalue weighted by Crippen LogP contribution is 2.31. The summed E-state index contributed by atoms with van der Waals surface area (Å²) in [5, 5.41) is 3.02. The lowest BCUT2D eigenvalue weighted by Crippen LogP contribution is -2.26. The molecule has 1 aliphatic heterocycles. The first-order valence-electron chi connectivity index (χ1n) is 5.38. The van der Waals surface area contributed by atoms with Gasteiger partial charge in [0.15, 0.2) is 11.6 Å². The van der Waals surface area contributed by atoms with E-state index in [1.807, 2.05) is 12.3 Å². The van der Waals surface area contributed by atoms with Crippen molar-refractivity contribution in [2.24, 2.45) is 10.7 Å². The first-order chi connectivity index (χ1) is 8.24. The van der Waals surface area contributed by atoms with Crippen LogP contribution in [0.25, 0.3) is 0 Å². The quantitative estimate of drug-likeness (QED) is 0.831. The first-order valence-corrected chi connectivity index (χ1v) is 6.26. The van der Waals surface area contributed by atoms with Gasteiger partial charge in [0.1, 0.15) is 11.6 Å². The largest absolute Gasteiger partial charge is 0.486 e. The van der Waals surface area contributed by atoms with Crippen LogP contribution in [0, 0.1) is 0 Å². The van der Waals surface area contributed by atoms with Crippen molar-refractivity contribution in [3.8, 4) is 0 Å². The van der Waals surface area contributed by atoms with E-state index in [1.165, 1.54) is 0 Å². The number of thiazole rings is 1. The number of dihydropyridines is 1. The fraction of sp³-hybridized carbons (Fsp3) is 0.333. The third kappa shape index (κ3) is 2.39. The second kappa shape index (κ2) is 5.14. The Bertz CT molecular complexity index is 462. The van der Waals surface area contributed by atoms with Gasteiger partial charge in [0.2, 0.25) is 0 Å². The van der Waals surface area contributed by atoms with E-state index in [0.717, 1.165) is 10.6 Å². The van der Waals surface area contributed by atoms with Gasteiger partial charge in [0.25, 0.3) is 0 Å². The lowest BCUT2D eigenvalue weighted by molar-refractivity contribution is 0.261. The number of ether oxygens (including phenoxy) is 1. The summed E-state index contributed by atoms with van der Waals surface area (Å²) in [6.45, 7) is 6.73. The molecular weight excluding hydrogens is 234 g/mol. The molecule has 1 aliphatic rings. The summed E-state index contributed by atoms with van der Waals surface area (Å²) in [4.78, 5) is 8.62. The van der Waals surface area contributed by atoms with Crippen LogP contribution < -0.4 is 5.73 Å². The smallest absolute Gasteiger partial charge is 0.161 e. The Kier molecular flexibility index (Phi) is 3.58. The minimum Gasteiger partial charge on any atom is -0.486 e.